The maximum atomic E-state index is 11.5. The zero-order chi connectivity index (χ0) is 14.7. The highest BCUT2D eigenvalue weighted by atomic mass is 16.2. The largest absolute Gasteiger partial charge is 0.343 e. The highest BCUT2D eigenvalue weighted by Gasteiger charge is 2.22. The molecule has 1 N–H and O–H groups in total. The van der Waals surface area contributed by atoms with Gasteiger partial charge in [-0.25, -0.2) is 0 Å². The second-order valence-corrected chi connectivity index (χ2v) is 5.54. The number of aromatic amines is 1. The third kappa shape index (κ3) is 3.26. The van der Waals surface area contributed by atoms with Gasteiger partial charge in [-0.2, -0.15) is 5.10 Å². The summed E-state index contributed by atoms with van der Waals surface area (Å²) in [6, 6.07) is 1.87. The lowest BCUT2D eigenvalue weighted by molar-refractivity contribution is -0.130. The number of rotatable bonds is 3. The SMILES string of the molecule is CC(=O)N1CCC[C@H](Cc2cnc(-c3ccn[nH]3)cn2)C1. The zero-order valence-corrected chi connectivity index (χ0v) is 12.1. The topological polar surface area (TPSA) is 74.8 Å². The van der Waals surface area contributed by atoms with Crippen LogP contribution in [0, 0.1) is 5.92 Å². The predicted molar refractivity (Wildman–Crippen MR) is 78.3 cm³/mol. The first kappa shape index (κ1) is 13.7. The zero-order valence-electron chi connectivity index (χ0n) is 12.1. The summed E-state index contributed by atoms with van der Waals surface area (Å²) in [6.45, 7) is 3.36. The monoisotopic (exact) mass is 285 g/mol. The highest BCUT2D eigenvalue weighted by Crippen LogP contribution is 2.20. The molecule has 0 radical (unpaired) electrons. The molecular formula is C15H19N5O. The molecule has 0 aliphatic carbocycles. The Morgan fingerprint density at radius 3 is 3.00 bits per heavy atom. The third-order valence-corrected chi connectivity index (χ3v) is 3.94. The molecule has 3 heterocycles. The lowest BCUT2D eigenvalue weighted by Gasteiger charge is -2.31. The molecule has 0 spiro atoms. The molecule has 0 aromatic carbocycles. The first-order chi connectivity index (χ1) is 10.2. The summed E-state index contributed by atoms with van der Waals surface area (Å²) < 4.78 is 0. The summed E-state index contributed by atoms with van der Waals surface area (Å²) in [4.78, 5) is 22.3. The Kier molecular flexibility index (Phi) is 3.94. The lowest BCUT2D eigenvalue weighted by Crippen LogP contribution is -2.39. The molecule has 6 heteroatoms. The molecule has 1 aliphatic heterocycles. The van der Waals surface area contributed by atoms with Crippen LogP contribution in [0.2, 0.25) is 0 Å². The second-order valence-electron chi connectivity index (χ2n) is 5.54. The van der Waals surface area contributed by atoms with Gasteiger partial charge in [-0.15, -0.1) is 0 Å². The van der Waals surface area contributed by atoms with Gasteiger partial charge in [0.25, 0.3) is 0 Å². The van der Waals surface area contributed by atoms with Crippen molar-refractivity contribution in [2.24, 2.45) is 5.92 Å². The van der Waals surface area contributed by atoms with Crippen LogP contribution >= 0.6 is 0 Å². The standard InChI is InChI=1S/C15H19N5O/c1-11(21)20-6-2-3-12(10-20)7-13-8-17-15(9-16-13)14-4-5-18-19-14/h4-5,8-9,12H,2-3,6-7,10H2,1H3,(H,18,19)/t12-/m1/s1. The van der Waals surface area contributed by atoms with E-state index in [1.807, 2.05) is 17.2 Å². The van der Waals surface area contributed by atoms with Crippen molar-refractivity contribution >= 4 is 5.91 Å². The van der Waals surface area contributed by atoms with Crippen LogP contribution in [0.1, 0.15) is 25.5 Å². The molecular weight excluding hydrogens is 266 g/mol. The summed E-state index contributed by atoms with van der Waals surface area (Å²) in [5.41, 5.74) is 2.65. The fraction of sp³-hybridized carbons (Fsp3) is 0.467. The number of carbonyl (C=O) groups is 1. The van der Waals surface area contributed by atoms with Crippen LogP contribution in [-0.4, -0.2) is 44.1 Å². The van der Waals surface area contributed by atoms with E-state index in [1.165, 1.54) is 0 Å². The van der Waals surface area contributed by atoms with Crippen molar-refractivity contribution in [2.75, 3.05) is 13.1 Å². The van der Waals surface area contributed by atoms with E-state index in [0.29, 0.717) is 5.92 Å². The quantitative estimate of drug-likeness (QED) is 0.930. The van der Waals surface area contributed by atoms with Gasteiger partial charge in [0.15, 0.2) is 0 Å². The molecule has 1 atom stereocenters. The van der Waals surface area contributed by atoms with Gasteiger partial charge in [0.05, 0.1) is 17.6 Å². The molecule has 1 aliphatic rings. The molecule has 1 saturated heterocycles. The minimum Gasteiger partial charge on any atom is -0.343 e. The van der Waals surface area contributed by atoms with Gasteiger partial charge in [0.1, 0.15) is 5.69 Å². The van der Waals surface area contributed by atoms with E-state index in [0.717, 1.165) is 49.4 Å². The molecule has 0 unspecified atom stereocenters. The summed E-state index contributed by atoms with van der Waals surface area (Å²) in [5, 5.41) is 6.79. The number of aromatic nitrogens is 4. The molecule has 110 valence electrons. The van der Waals surface area contributed by atoms with E-state index in [2.05, 4.69) is 20.2 Å². The maximum absolute atomic E-state index is 11.5. The van der Waals surface area contributed by atoms with Gasteiger partial charge >= 0.3 is 0 Å². The van der Waals surface area contributed by atoms with Crippen LogP contribution in [0.4, 0.5) is 0 Å². The van der Waals surface area contributed by atoms with Crippen molar-refractivity contribution in [1.29, 1.82) is 0 Å². The van der Waals surface area contributed by atoms with Gasteiger partial charge in [-0.05, 0) is 31.2 Å². The summed E-state index contributed by atoms with van der Waals surface area (Å²) in [6.07, 6.45) is 8.39. The summed E-state index contributed by atoms with van der Waals surface area (Å²) >= 11 is 0. The molecule has 3 rings (SSSR count). The van der Waals surface area contributed by atoms with Crippen LogP contribution in [0.5, 0.6) is 0 Å². The Morgan fingerprint density at radius 1 is 1.43 bits per heavy atom. The number of amides is 1. The Morgan fingerprint density at radius 2 is 2.33 bits per heavy atom. The van der Waals surface area contributed by atoms with Crippen molar-refractivity contribution in [2.45, 2.75) is 26.2 Å². The number of likely N-dealkylation sites (tertiary alicyclic amines) is 1. The van der Waals surface area contributed by atoms with Crippen molar-refractivity contribution in [1.82, 2.24) is 25.1 Å². The van der Waals surface area contributed by atoms with Crippen molar-refractivity contribution < 1.29 is 4.79 Å². The number of hydrogen-bond acceptors (Lipinski definition) is 4. The predicted octanol–water partition coefficient (Wildman–Crippen LogP) is 1.67. The molecule has 2 aromatic heterocycles. The van der Waals surface area contributed by atoms with Crippen molar-refractivity contribution in [3.63, 3.8) is 0 Å². The second kappa shape index (κ2) is 6.03. The van der Waals surface area contributed by atoms with Crippen LogP contribution < -0.4 is 0 Å². The first-order valence-electron chi connectivity index (χ1n) is 7.28. The Bertz CT molecular complexity index is 593. The average molecular weight is 285 g/mol. The van der Waals surface area contributed by atoms with Crippen molar-refractivity contribution in [3.8, 4) is 11.4 Å². The Balaban J connectivity index is 1.64. The van der Waals surface area contributed by atoms with E-state index in [-0.39, 0.29) is 5.91 Å². The van der Waals surface area contributed by atoms with Crippen LogP contribution in [-0.2, 0) is 11.2 Å². The number of nitrogens with one attached hydrogen (secondary N) is 1. The lowest BCUT2D eigenvalue weighted by atomic mass is 9.93. The van der Waals surface area contributed by atoms with E-state index in [9.17, 15) is 4.79 Å². The normalized spacial score (nSPS) is 18.7. The third-order valence-electron chi connectivity index (χ3n) is 3.94. The number of carbonyl (C=O) groups excluding carboxylic acids is 1. The fourth-order valence-electron chi connectivity index (χ4n) is 2.81. The molecule has 1 amide bonds. The number of H-pyrrole nitrogens is 1. The van der Waals surface area contributed by atoms with Crippen LogP contribution in [0.15, 0.2) is 24.7 Å². The Hall–Kier alpha value is -2.24. The molecule has 0 saturated carbocycles. The van der Waals surface area contributed by atoms with E-state index in [4.69, 9.17) is 0 Å². The summed E-state index contributed by atoms with van der Waals surface area (Å²) in [7, 11) is 0. The number of nitrogens with zero attached hydrogens (tertiary/aromatic N) is 4. The van der Waals surface area contributed by atoms with E-state index < -0.39 is 0 Å². The van der Waals surface area contributed by atoms with E-state index in [1.54, 1.807) is 19.3 Å². The summed E-state index contributed by atoms with van der Waals surface area (Å²) in [5.74, 6) is 0.648. The molecule has 21 heavy (non-hydrogen) atoms. The van der Waals surface area contributed by atoms with Gasteiger partial charge in [0.2, 0.25) is 5.91 Å². The van der Waals surface area contributed by atoms with Gasteiger partial charge in [-0.1, -0.05) is 0 Å². The fourth-order valence-corrected chi connectivity index (χ4v) is 2.81. The van der Waals surface area contributed by atoms with Gasteiger partial charge in [-0.3, -0.25) is 19.9 Å². The molecule has 6 nitrogen and oxygen atoms in total. The minimum atomic E-state index is 0.167. The van der Waals surface area contributed by atoms with Gasteiger partial charge in [0, 0.05) is 32.4 Å². The first-order valence-corrected chi connectivity index (χ1v) is 7.28. The highest BCUT2D eigenvalue weighted by molar-refractivity contribution is 5.73. The number of piperidine rings is 1. The number of hydrogen-bond donors (Lipinski definition) is 1. The van der Waals surface area contributed by atoms with Crippen molar-refractivity contribution in [3.05, 3.63) is 30.4 Å². The van der Waals surface area contributed by atoms with Crippen LogP contribution in [0.3, 0.4) is 0 Å². The molecule has 2 aromatic rings. The molecule has 0 bridgehead atoms. The average Bonchev–Trinajstić information content (AvgIpc) is 3.02. The molecule has 1 fully saturated rings. The van der Waals surface area contributed by atoms with Gasteiger partial charge < -0.3 is 4.90 Å². The van der Waals surface area contributed by atoms with Crippen LogP contribution in [0.25, 0.3) is 11.4 Å². The minimum absolute atomic E-state index is 0.167. The smallest absolute Gasteiger partial charge is 0.219 e. The van der Waals surface area contributed by atoms with E-state index >= 15 is 0 Å². The Labute approximate surface area is 123 Å². The maximum Gasteiger partial charge on any atom is 0.219 e.